The number of nitrogens with zero attached hydrogens (tertiary/aromatic N) is 2. The standard InChI is InChI=1S/C18H15N3S/c19-9-15-14-6-2-4-8-17(14)22-18(15)21-11-12-10-20-16-7-3-1-5-13(12)16/h1,3,5,7,10-11,20H,2,4,6,8H2/b21-11+. The monoisotopic (exact) mass is 305 g/mol. The molecule has 108 valence electrons. The molecule has 2 heterocycles. The summed E-state index contributed by atoms with van der Waals surface area (Å²) in [6.45, 7) is 0. The van der Waals surface area contributed by atoms with E-state index in [2.05, 4.69) is 28.2 Å². The number of hydrogen-bond acceptors (Lipinski definition) is 3. The van der Waals surface area contributed by atoms with Crippen LogP contribution in [0.1, 0.15) is 34.4 Å². The van der Waals surface area contributed by atoms with E-state index in [0.717, 1.165) is 39.9 Å². The van der Waals surface area contributed by atoms with Crippen LogP contribution in [0.4, 0.5) is 5.00 Å². The van der Waals surface area contributed by atoms with Gasteiger partial charge in [-0.05, 0) is 37.3 Å². The molecular weight excluding hydrogens is 290 g/mol. The molecule has 0 radical (unpaired) electrons. The van der Waals surface area contributed by atoms with E-state index in [0.29, 0.717) is 0 Å². The van der Waals surface area contributed by atoms with Gasteiger partial charge >= 0.3 is 0 Å². The molecule has 0 spiro atoms. The van der Waals surface area contributed by atoms with Crippen LogP contribution in [-0.4, -0.2) is 11.2 Å². The Morgan fingerprint density at radius 2 is 2.09 bits per heavy atom. The van der Waals surface area contributed by atoms with Gasteiger partial charge in [-0.3, -0.25) is 0 Å². The summed E-state index contributed by atoms with van der Waals surface area (Å²) in [7, 11) is 0. The van der Waals surface area contributed by atoms with Gasteiger partial charge in [0.2, 0.25) is 0 Å². The highest BCUT2D eigenvalue weighted by Gasteiger charge is 2.20. The number of fused-ring (bicyclic) bond motifs is 2. The predicted molar refractivity (Wildman–Crippen MR) is 91.2 cm³/mol. The molecule has 0 atom stereocenters. The van der Waals surface area contributed by atoms with Crippen LogP contribution in [0, 0.1) is 11.3 Å². The Morgan fingerprint density at radius 1 is 1.23 bits per heavy atom. The van der Waals surface area contributed by atoms with Crippen molar-refractivity contribution in [2.45, 2.75) is 25.7 Å². The molecule has 4 rings (SSSR count). The molecule has 0 aliphatic heterocycles. The van der Waals surface area contributed by atoms with Crippen molar-refractivity contribution < 1.29 is 0 Å². The Kier molecular flexibility index (Phi) is 3.28. The third-order valence-electron chi connectivity index (χ3n) is 4.21. The zero-order valence-corrected chi connectivity index (χ0v) is 12.9. The summed E-state index contributed by atoms with van der Waals surface area (Å²) in [6, 6.07) is 10.5. The predicted octanol–water partition coefficient (Wildman–Crippen LogP) is 4.73. The van der Waals surface area contributed by atoms with Crippen LogP contribution in [0.2, 0.25) is 0 Å². The van der Waals surface area contributed by atoms with Crippen LogP contribution in [0.3, 0.4) is 0 Å². The van der Waals surface area contributed by atoms with Gasteiger partial charge in [0.25, 0.3) is 0 Å². The van der Waals surface area contributed by atoms with E-state index < -0.39 is 0 Å². The summed E-state index contributed by atoms with van der Waals surface area (Å²) in [6.07, 6.45) is 8.37. The number of rotatable bonds is 2. The zero-order chi connectivity index (χ0) is 14.9. The lowest BCUT2D eigenvalue weighted by Crippen LogP contribution is -1.99. The fourth-order valence-electron chi connectivity index (χ4n) is 3.09. The molecule has 0 amide bonds. The number of para-hydroxylation sites is 1. The van der Waals surface area contributed by atoms with Crippen LogP contribution in [0.15, 0.2) is 35.5 Å². The highest BCUT2D eigenvalue weighted by atomic mass is 32.1. The maximum atomic E-state index is 9.47. The van der Waals surface area contributed by atoms with E-state index in [9.17, 15) is 5.26 Å². The zero-order valence-electron chi connectivity index (χ0n) is 12.1. The summed E-state index contributed by atoms with van der Waals surface area (Å²) >= 11 is 1.68. The number of aryl methyl sites for hydroxylation is 1. The fourth-order valence-corrected chi connectivity index (χ4v) is 4.27. The van der Waals surface area contributed by atoms with Crippen LogP contribution >= 0.6 is 11.3 Å². The van der Waals surface area contributed by atoms with Gasteiger partial charge in [0.05, 0.1) is 5.56 Å². The van der Waals surface area contributed by atoms with E-state index in [1.54, 1.807) is 11.3 Å². The van der Waals surface area contributed by atoms with Crippen molar-refractivity contribution in [1.29, 1.82) is 5.26 Å². The second-order valence-corrected chi connectivity index (χ2v) is 6.63. The Bertz CT molecular complexity index is 908. The third kappa shape index (κ3) is 2.15. The molecule has 1 aromatic carbocycles. The number of nitrogens with one attached hydrogen (secondary N) is 1. The number of thiophene rings is 1. The Balaban J connectivity index is 1.74. The minimum atomic E-state index is 0.788. The largest absolute Gasteiger partial charge is 0.361 e. The third-order valence-corrected chi connectivity index (χ3v) is 5.41. The van der Waals surface area contributed by atoms with Crippen LogP contribution in [-0.2, 0) is 12.8 Å². The first kappa shape index (κ1) is 13.3. The minimum absolute atomic E-state index is 0.788. The molecule has 3 nitrogen and oxygen atoms in total. The quantitative estimate of drug-likeness (QED) is 0.684. The minimum Gasteiger partial charge on any atom is -0.361 e. The van der Waals surface area contributed by atoms with Crippen molar-refractivity contribution >= 4 is 33.5 Å². The van der Waals surface area contributed by atoms with Crippen molar-refractivity contribution in [2.75, 3.05) is 0 Å². The highest BCUT2D eigenvalue weighted by Crippen LogP contribution is 2.39. The Labute approximate surface area is 132 Å². The Morgan fingerprint density at radius 3 is 3.00 bits per heavy atom. The van der Waals surface area contributed by atoms with Gasteiger partial charge in [-0.25, -0.2) is 4.99 Å². The smallest absolute Gasteiger partial charge is 0.134 e. The van der Waals surface area contributed by atoms with Gasteiger partial charge in [-0.15, -0.1) is 11.3 Å². The summed E-state index contributed by atoms with van der Waals surface area (Å²) < 4.78 is 0. The molecule has 22 heavy (non-hydrogen) atoms. The molecule has 2 aromatic heterocycles. The normalized spacial score (nSPS) is 14.3. The van der Waals surface area contributed by atoms with Gasteiger partial charge in [0.1, 0.15) is 11.1 Å². The molecule has 1 aliphatic rings. The summed E-state index contributed by atoms with van der Waals surface area (Å²) in [5.41, 5.74) is 4.20. The number of aromatic nitrogens is 1. The summed E-state index contributed by atoms with van der Waals surface area (Å²) in [4.78, 5) is 9.23. The van der Waals surface area contributed by atoms with Crippen molar-refractivity contribution in [3.63, 3.8) is 0 Å². The number of aliphatic imine (C=N–C) groups is 1. The van der Waals surface area contributed by atoms with E-state index in [1.165, 1.54) is 23.3 Å². The number of hydrogen-bond donors (Lipinski definition) is 1. The molecule has 0 saturated heterocycles. The van der Waals surface area contributed by atoms with Gasteiger partial charge in [-0.1, -0.05) is 18.2 Å². The first-order valence-corrected chi connectivity index (χ1v) is 8.33. The topological polar surface area (TPSA) is 51.9 Å². The average Bonchev–Trinajstić information content (AvgIpc) is 3.13. The molecule has 0 bridgehead atoms. The Hall–Kier alpha value is -2.38. The molecule has 0 fully saturated rings. The molecule has 0 saturated carbocycles. The lowest BCUT2D eigenvalue weighted by atomic mass is 9.96. The first-order chi connectivity index (χ1) is 10.9. The maximum absolute atomic E-state index is 9.47. The van der Waals surface area contributed by atoms with Gasteiger partial charge in [-0.2, -0.15) is 5.26 Å². The molecule has 4 heteroatoms. The lowest BCUT2D eigenvalue weighted by molar-refractivity contribution is 0.696. The SMILES string of the molecule is N#Cc1c(/N=C/c2c[nH]c3ccccc23)sc2c1CCCC2. The lowest BCUT2D eigenvalue weighted by Gasteiger charge is -2.09. The van der Waals surface area contributed by atoms with E-state index in [1.807, 2.05) is 24.5 Å². The van der Waals surface area contributed by atoms with Crippen molar-refractivity contribution in [3.05, 3.63) is 52.0 Å². The van der Waals surface area contributed by atoms with Gasteiger partial charge in [0, 0.05) is 33.8 Å². The second kappa shape index (κ2) is 5.43. The second-order valence-electron chi connectivity index (χ2n) is 5.55. The van der Waals surface area contributed by atoms with Crippen molar-refractivity contribution in [3.8, 4) is 6.07 Å². The molecule has 0 unspecified atom stereocenters. The highest BCUT2D eigenvalue weighted by molar-refractivity contribution is 7.16. The molecule has 3 aromatic rings. The first-order valence-electron chi connectivity index (χ1n) is 7.51. The van der Waals surface area contributed by atoms with E-state index >= 15 is 0 Å². The number of benzene rings is 1. The van der Waals surface area contributed by atoms with E-state index in [4.69, 9.17) is 0 Å². The number of nitriles is 1. The van der Waals surface area contributed by atoms with Crippen LogP contribution in [0.5, 0.6) is 0 Å². The van der Waals surface area contributed by atoms with Crippen LogP contribution < -0.4 is 0 Å². The molecular formula is C18H15N3S. The van der Waals surface area contributed by atoms with Crippen LogP contribution in [0.25, 0.3) is 10.9 Å². The maximum Gasteiger partial charge on any atom is 0.134 e. The number of H-pyrrole nitrogens is 1. The fraction of sp³-hybridized carbons (Fsp3) is 0.222. The van der Waals surface area contributed by atoms with Crippen molar-refractivity contribution in [1.82, 2.24) is 4.98 Å². The van der Waals surface area contributed by atoms with Gasteiger partial charge in [0.15, 0.2) is 0 Å². The van der Waals surface area contributed by atoms with Gasteiger partial charge < -0.3 is 4.98 Å². The summed E-state index contributed by atoms with van der Waals surface area (Å²) in [5, 5.41) is 11.5. The van der Waals surface area contributed by atoms with Crippen molar-refractivity contribution in [2.24, 2.45) is 4.99 Å². The number of aromatic amines is 1. The van der Waals surface area contributed by atoms with E-state index in [-0.39, 0.29) is 0 Å². The molecule has 1 N–H and O–H groups in total. The average molecular weight is 305 g/mol. The molecule has 1 aliphatic carbocycles. The summed E-state index contributed by atoms with van der Waals surface area (Å²) in [5.74, 6) is 0.